The standard InChI is InChI=1S/C23H27N3O2/c1-23(2,3)18-7-5-17(6-8-18)22(27)26-19-9-11-20(12-10-19)28-21-13-4-16(14-24)15-25-21/h4-8,13,15,19-20H,9-12H2,1-3H3,(H,26,27). The van der Waals surface area contributed by atoms with Gasteiger partial charge < -0.3 is 10.1 Å². The van der Waals surface area contributed by atoms with E-state index in [-0.39, 0.29) is 23.5 Å². The lowest BCUT2D eigenvalue weighted by Gasteiger charge is -2.29. The summed E-state index contributed by atoms with van der Waals surface area (Å²) in [5.74, 6) is 0.531. The van der Waals surface area contributed by atoms with Gasteiger partial charge in [0.15, 0.2) is 0 Å². The maximum atomic E-state index is 12.5. The van der Waals surface area contributed by atoms with Crippen molar-refractivity contribution in [3.63, 3.8) is 0 Å². The van der Waals surface area contributed by atoms with E-state index in [2.05, 4.69) is 31.1 Å². The normalized spacial score (nSPS) is 19.5. The molecule has 1 aromatic heterocycles. The van der Waals surface area contributed by atoms with E-state index >= 15 is 0 Å². The van der Waals surface area contributed by atoms with Gasteiger partial charge >= 0.3 is 0 Å². The van der Waals surface area contributed by atoms with Crippen LogP contribution in [0.3, 0.4) is 0 Å². The second-order valence-electron chi connectivity index (χ2n) is 8.39. The lowest BCUT2D eigenvalue weighted by Crippen LogP contribution is -2.39. The third-order valence-corrected chi connectivity index (χ3v) is 5.18. The highest BCUT2D eigenvalue weighted by molar-refractivity contribution is 5.94. The highest BCUT2D eigenvalue weighted by Crippen LogP contribution is 2.24. The van der Waals surface area contributed by atoms with Gasteiger partial charge in [-0.15, -0.1) is 0 Å². The molecule has 0 unspecified atom stereocenters. The lowest BCUT2D eigenvalue weighted by atomic mass is 9.86. The smallest absolute Gasteiger partial charge is 0.251 e. The summed E-state index contributed by atoms with van der Waals surface area (Å²) in [4.78, 5) is 16.7. The van der Waals surface area contributed by atoms with Crippen LogP contribution in [-0.2, 0) is 5.41 Å². The van der Waals surface area contributed by atoms with Crippen LogP contribution in [0.15, 0.2) is 42.6 Å². The molecule has 3 rings (SSSR count). The molecule has 5 nitrogen and oxygen atoms in total. The van der Waals surface area contributed by atoms with Crippen molar-refractivity contribution in [2.45, 2.75) is 64.0 Å². The number of carbonyl (C=O) groups is 1. The number of nitrogens with one attached hydrogen (secondary N) is 1. The van der Waals surface area contributed by atoms with Crippen LogP contribution >= 0.6 is 0 Å². The predicted octanol–water partition coefficient (Wildman–Crippen LogP) is 4.37. The number of amides is 1. The summed E-state index contributed by atoms with van der Waals surface area (Å²) < 4.78 is 5.90. The zero-order chi connectivity index (χ0) is 20.1. The van der Waals surface area contributed by atoms with Crippen LogP contribution in [0.25, 0.3) is 0 Å². The molecular formula is C23H27N3O2. The molecule has 1 N–H and O–H groups in total. The van der Waals surface area contributed by atoms with Crippen LogP contribution < -0.4 is 10.1 Å². The van der Waals surface area contributed by atoms with Gasteiger partial charge in [-0.3, -0.25) is 4.79 Å². The first-order valence-electron chi connectivity index (χ1n) is 9.79. The fourth-order valence-electron chi connectivity index (χ4n) is 3.40. The van der Waals surface area contributed by atoms with Gasteiger partial charge in [-0.2, -0.15) is 5.26 Å². The Hall–Kier alpha value is -2.87. The topological polar surface area (TPSA) is 75.0 Å². The molecule has 0 saturated heterocycles. The SMILES string of the molecule is CC(C)(C)c1ccc(C(=O)NC2CCC(Oc3ccc(C#N)cn3)CC2)cc1. The van der Waals surface area contributed by atoms with E-state index in [1.165, 1.54) is 11.8 Å². The number of nitrogens with zero attached hydrogens (tertiary/aromatic N) is 2. The molecule has 2 aromatic rings. The zero-order valence-electron chi connectivity index (χ0n) is 16.7. The summed E-state index contributed by atoms with van der Waals surface area (Å²) in [5.41, 5.74) is 2.53. The summed E-state index contributed by atoms with van der Waals surface area (Å²) in [6.07, 6.45) is 5.12. The summed E-state index contributed by atoms with van der Waals surface area (Å²) in [6.45, 7) is 6.49. The molecule has 0 atom stereocenters. The molecule has 1 aliphatic rings. The van der Waals surface area contributed by atoms with Gasteiger partial charge in [0.25, 0.3) is 5.91 Å². The molecule has 1 fully saturated rings. The Morgan fingerprint density at radius 1 is 1.11 bits per heavy atom. The number of hydrogen-bond acceptors (Lipinski definition) is 4. The minimum Gasteiger partial charge on any atom is -0.474 e. The largest absolute Gasteiger partial charge is 0.474 e. The lowest BCUT2D eigenvalue weighted by molar-refractivity contribution is 0.0890. The molecule has 0 spiro atoms. The number of nitriles is 1. The summed E-state index contributed by atoms with van der Waals surface area (Å²) >= 11 is 0. The van der Waals surface area contributed by atoms with Crippen LogP contribution in [0.2, 0.25) is 0 Å². The number of ether oxygens (including phenoxy) is 1. The van der Waals surface area contributed by atoms with Crippen LogP contribution in [0.5, 0.6) is 5.88 Å². The van der Waals surface area contributed by atoms with Crippen LogP contribution in [0.1, 0.15) is 67.9 Å². The molecule has 0 bridgehead atoms. The second kappa shape index (κ2) is 8.43. The first kappa shape index (κ1) is 19.9. The molecule has 1 aromatic carbocycles. The average molecular weight is 377 g/mol. The first-order chi connectivity index (χ1) is 13.3. The Morgan fingerprint density at radius 2 is 1.79 bits per heavy atom. The van der Waals surface area contributed by atoms with Crippen molar-refractivity contribution in [1.82, 2.24) is 10.3 Å². The summed E-state index contributed by atoms with van der Waals surface area (Å²) in [7, 11) is 0. The van der Waals surface area contributed by atoms with Crippen molar-refractivity contribution in [3.8, 4) is 11.9 Å². The van der Waals surface area contributed by atoms with E-state index in [1.54, 1.807) is 12.1 Å². The highest BCUT2D eigenvalue weighted by Gasteiger charge is 2.24. The molecule has 1 aliphatic carbocycles. The van der Waals surface area contributed by atoms with Gasteiger partial charge in [0.1, 0.15) is 12.2 Å². The third kappa shape index (κ3) is 5.10. The fourth-order valence-corrected chi connectivity index (χ4v) is 3.40. The zero-order valence-corrected chi connectivity index (χ0v) is 16.7. The van der Waals surface area contributed by atoms with E-state index in [0.717, 1.165) is 25.7 Å². The Morgan fingerprint density at radius 3 is 2.32 bits per heavy atom. The first-order valence-corrected chi connectivity index (χ1v) is 9.79. The third-order valence-electron chi connectivity index (χ3n) is 5.18. The minimum atomic E-state index is -0.0152. The average Bonchev–Trinajstić information content (AvgIpc) is 2.69. The van der Waals surface area contributed by atoms with Gasteiger partial charge in [0.05, 0.1) is 5.56 Å². The molecule has 0 radical (unpaired) electrons. The van der Waals surface area contributed by atoms with E-state index in [1.807, 2.05) is 30.3 Å². The maximum Gasteiger partial charge on any atom is 0.251 e. The second-order valence-corrected chi connectivity index (χ2v) is 8.39. The van der Waals surface area contributed by atoms with Crippen LogP contribution in [-0.4, -0.2) is 23.0 Å². The predicted molar refractivity (Wildman–Crippen MR) is 108 cm³/mol. The Bertz CT molecular complexity index is 837. The van der Waals surface area contributed by atoms with Crippen molar-refractivity contribution in [1.29, 1.82) is 5.26 Å². The number of benzene rings is 1. The molecule has 0 aliphatic heterocycles. The van der Waals surface area contributed by atoms with Crippen molar-refractivity contribution in [3.05, 3.63) is 59.3 Å². The number of rotatable bonds is 4. The number of aromatic nitrogens is 1. The van der Waals surface area contributed by atoms with Crippen LogP contribution in [0, 0.1) is 11.3 Å². The van der Waals surface area contributed by atoms with Crippen molar-refractivity contribution in [2.75, 3.05) is 0 Å². The summed E-state index contributed by atoms with van der Waals surface area (Å²) in [5, 5.41) is 12.0. The monoisotopic (exact) mass is 377 g/mol. The Balaban J connectivity index is 1.48. The van der Waals surface area contributed by atoms with E-state index in [9.17, 15) is 4.79 Å². The van der Waals surface area contributed by atoms with Crippen molar-refractivity contribution < 1.29 is 9.53 Å². The minimum absolute atomic E-state index is 0.0152. The molecule has 1 heterocycles. The molecule has 28 heavy (non-hydrogen) atoms. The Kier molecular flexibility index (Phi) is 5.99. The van der Waals surface area contributed by atoms with Gasteiger partial charge in [0, 0.05) is 23.9 Å². The molecule has 146 valence electrons. The maximum absolute atomic E-state index is 12.5. The van der Waals surface area contributed by atoms with E-state index < -0.39 is 0 Å². The fraction of sp³-hybridized carbons (Fsp3) is 0.435. The Labute approximate surface area is 166 Å². The van der Waals surface area contributed by atoms with E-state index in [4.69, 9.17) is 10.00 Å². The number of hydrogen-bond donors (Lipinski definition) is 1. The van der Waals surface area contributed by atoms with Crippen molar-refractivity contribution in [2.24, 2.45) is 0 Å². The van der Waals surface area contributed by atoms with Gasteiger partial charge in [-0.1, -0.05) is 32.9 Å². The van der Waals surface area contributed by atoms with Gasteiger partial charge in [-0.25, -0.2) is 4.98 Å². The quantitative estimate of drug-likeness (QED) is 0.858. The number of carbonyl (C=O) groups excluding carboxylic acids is 1. The molecule has 5 heteroatoms. The van der Waals surface area contributed by atoms with Crippen molar-refractivity contribution >= 4 is 5.91 Å². The molecular weight excluding hydrogens is 350 g/mol. The summed E-state index contributed by atoms with van der Waals surface area (Å²) in [6, 6.07) is 13.5. The molecule has 1 saturated carbocycles. The molecule has 1 amide bonds. The highest BCUT2D eigenvalue weighted by atomic mass is 16.5. The van der Waals surface area contributed by atoms with Crippen LogP contribution in [0.4, 0.5) is 0 Å². The number of pyridine rings is 1. The van der Waals surface area contributed by atoms with Gasteiger partial charge in [0.2, 0.25) is 5.88 Å². The van der Waals surface area contributed by atoms with Gasteiger partial charge in [-0.05, 0) is 54.9 Å². The van der Waals surface area contributed by atoms with E-state index in [0.29, 0.717) is 17.0 Å².